The lowest BCUT2D eigenvalue weighted by atomic mass is 10.0. The van der Waals surface area contributed by atoms with Crippen LogP contribution in [0.1, 0.15) is 24.8 Å². The maximum absolute atomic E-state index is 3.57. The van der Waals surface area contributed by atoms with E-state index in [0.29, 0.717) is 0 Å². The van der Waals surface area contributed by atoms with Crippen LogP contribution < -0.4 is 5.32 Å². The molecule has 0 atom stereocenters. The van der Waals surface area contributed by atoms with Crippen LogP contribution >= 0.6 is 0 Å². The van der Waals surface area contributed by atoms with E-state index in [4.69, 9.17) is 0 Å². The van der Waals surface area contributed by atoms with Crippen molar-refractivity contribution >= 4 is 10.8 Å². The summed E-state index contributed by atoms with van der Waals surface area (Å²) in [5, 5.41) is 6.29. The number of fused-ring (bicyclic) bond motifs is 1. The van der Waals surface area contributed by atoms with Gasteiger partial charge in [-0.15, -0.1) is 0 Å². The van der Waals surface area contributed by atoms with Gasteiger partial charge in [-0.25, -0.2) is 0 Å². The number of hydrogen-bond acceptors (Lipinski definition) is 1. The molecule has 88 valence electrons. The van der Waals surface area contributed by atoms with Crippen molar-refractivity contribution in [1.82, 2.24) is 5.32 Å². The Balaban J connectivity index is 1.66. The lowest BCUT2D eigenvalue weighted by Crippen LogP contribution is -2.15. The second kappa shape index (κ2) is 4.89. The maximum atomic E-state index is 3.57. The molecule has 0 bridgehead atoms. The fourth-order valence-corrected chi connectivity index (χ4v) is 2.38. The van der Waals surface area contributed by atoms with Crippen molar-refractivity contribution in [2.24, 2.45) is 5.92 Å². The Morgan fingerprint density at radius 3 is 2.71 bits per heavy atom. The van der Waals surface area contributed by atoms with E-state index < -0.39 is 0 Å². The minimum atomic E-state index is 0.994. The predicted molar refractivity (Wildman–Crippen MR) is 73.0 cm³/mol. The van der Waals surface area contributed by atoms with Crippen LogP contribution in [-0.4, -0.2) is 6.54 Å². The minimum absolute atomic E-state index is 0.994. The predicted octanol–water partition coefficient (Wildman–Crippen LogP) is 3.73. The SMILES string of the molecule is c1ccc2c(CNCCC3CC3)cccc2c1. The van der Waals surface area contributed by atoms with Gasteiger partial charge < -0.3 is 5.32 Å². The van der Waals surface area contributed by atoms with Crippen LogP contribution in [0, 0.1) is 5.92 Å². The van der Waals surface area contributed by atoms with E-state index in [0.717, 1.165) is 19.0 Å². The van der Waals surface area contributed by atoms with E-state index in [9.17, 15) is 0 Å². The van der Waals surface area contributed by atoms with Crippen LogP contribution in [0.15, 0.2) is 42.5 Å². The lowest BCUT2D eigenvalue weighted by Gasteiger charge is -2.08. The van der Waals surface area contributed by atoms with E-state index in [-0.39, 0.29) is 0 Å². The summed E-state index contributed by atoms with van der Waals surface area (Å²) in [7, 11) is 0. The molecule has 0 spiro atoms. The first-order valence-electron chi connectivity index (χ1n) is 6.61. The summed E-state index contributed by atoms with van der Waals surface area (Å²) in [6.45, 7) is 2.15. The van der Waals surface area contributed by atoms with E-state index in [1.54, 1.807) is 0 Å². The van der Waals surface area contributed by atoms with Gasteiger partial charge in [0.25, 0.3) is 0 Å². The van der Waals surface area contributed by atoms with Crippen molar-refractivity contribution in [3.8, 4) is 0 Å². The van der Waals surface area contributed by atoms with E-state index in [1.807, 2.05) is 0 Å². The monoisotopic (exact) mass is 225 g/mol. The molecule has 0 aliphatic heterocycles. The van der Waals surface area contributed by atoms with Crippen molar-refractivity contribution in [3.05, 3.63) is 48.0 Å². The standard InChI is InChI=1S/C16H19N/c1-2-7-16-14(4-1)5-3-6-15(16)12-17-11-10-13-8-9-13/h1-7,13,17H,8-12H2. The fourth-order valence-electron chi connectivity index (χ4n) is 2.38. The summed E-state index contributed by atoms with van der Waals surface area (Å²) in [5.41, 5.74) is 1.42. The normalized spacial score (nSPS) is 15.3. The second-order valence-electron chi connectivity index (χ2n) is 5.05. The van der Waals surface area contributed by atoms with Gasteiger partial charge in [0.15, 0.2) is 0 Å². The summed E-state index contributed by atoms with van der Waals surface area (Å²) in [5.74, 6) is 1.02. The quantitative estimate of drug-likeness (QED) is 0.764. The van der Waals surface area contributed by atoms with E-state index in [2.05, 4.69) is 47.8 Å². The van der Waals surface area contributed by atoms with Crippen molar-refractivity contribution < 1.29 is 0 Å². The smallest absolute Gasteiger partial charge is 0.0211 e. The molecule has 1 fully saturated rings. The van der Waals surface area contributed by atoms with Crippen LogP contribution in [0.4, 0.5) is 0 Å². The van der Waals surface area contributed by atoms with Crippen molar-refractivity contribution in [2.75, 3.05) is 6.54 Å². The zero-order valence-electron chi connectivity index (χ0n) is 10.2. The molecule has 0 saturated heterocycles. The Labute approximate surface area is 103 Å². The average molecular weight is 225 g/mol. The van der Waals surface area contributed by atoms with Crippen LogP contribution in [0.25, 0.3) is 10.8 Å². The lowest BCUT2D eigenvalue weighted by molar-refractivity contribution is 0.614. The maximum Gasteiger partial charge on any atom is 0.0211 e. The molecule has 2 aromatic carbocycles. The average Bonchev–Trinajstić information content (AvgIpc) is 3.19. The van der Waals surface area contributed by atoms with Gasteiger partial charge in [-0.1, -0.05) is 55.3 Å². The third-order valence-corrected chi connectivity index (χ3v) is 3.62. The third kappa shape index (κ3) is 2.67. The van der Waals surface area contributed by atoms with E-state index >= 15 is 0 Å². The topological polar surface area (TPSA) is 12.0 Å². The third-order valence-electron chi connectivity index (χ3n) is 3.62. The highest BCUT2D eigenvalue weighted by molar-refractivity contribution is 5.85. The molecule has 2 aromatic rings. The number of benzene rings is 2. The molecule has 3 rings (SSSR count). The second-order valence-corrected chi connectivity index (χ2v) is 5.05. The number of nitrogens with one attached hydrogen (secondary N) is 1. The molecule has 1 heteroatoms. The first kappa shape index (κ1) is 10.8. The van der Waals surface area contributed by atoms with Gasteiger partial charge in [0.2, 0.25) is 0 Å². The highest BCUT2D eigenvalue weighted by Gasteiger charge is 2.19. The first-order valence-corrected chi connectivity index (χ1v) is 6.61. The molecule has 1 nitrogen and oxygen atoms in total. The van der Waals surface area contributed by atoms with E-state index in [1.165, 1.54) is 35.6 Å². The Morgan fingerprint density at radius 2 is 1.82 bits per heavy atom. The van der Waals surface area contributed by atoms with Crippen molar-refractivity contribution in [3.63, 3.8) is 0 Å². The van der Waals surface area contributed by atoms with Gasteiger partial charge in [0, 0.05) is 6.54 Å². The van der Waals surface area contributed by atoms with Gasteiger partial charge >= 0.3 is 0 Å². The zero-order valence-corrected chi connectivity index (χ0v) is 10.2. The molecule has 1 N–H and O–H groups in total. The summed E-state index contributed by atoms with van der Waals surface area (Å²) < 4.78 is 0. The van der Waals surface area contributed by atoms with Gasteiger partial charge in [-0.2, -0.15) is 0 Å². The Morgan fingerprint density at radius 1 is 1.00 bits per heavy atom. The molecule has 0 aromatic heterocycles. The summed E-state index contributed by atoms with van der Waals surface area (Å²) in [4.78, 5) is 0. The van der Waals surface area contributed by atoms with Crippen molar-refractivity contribution in [1.29, 1.82) is 0 Å². The fraction of sp³-hybridized carbons (Fsp3) is 0.375. The van der Waals surface area contributed by atoms with Crippen molar-refractivity contribution in [2.45, 2.75) is 25.8 Å². The number of hydrogen-bond donors (Lipinski definition) is 1. The summed E-state index contributed by atoms with van der Waals surface area (Å²) in [6, 6.07) is 15.2. The largest absolute Gasteiger partial charge is 0.313 e. The van der Waals surface area contributed by atoms with Crippen LogP contribution in [0.5, 0.6) is 0 Å². The zero-order chi connectivity index (χ0) is 11.5. The molecule has 0 heterocycles. The molecule has 0 amide bonds. The molecule has 1 aliphatic carbocycles. The van der Waals surface area contributed by atoms with Gasteiger partial charge in [0.1, 0.15) is 0 Å². The Bertz CT molecular complexity index is 494. The minimum Gasteiger partial charge on any atom is -0.313 e. The molecule has 1 aliphatic rings. The summed E-state index contributed by atoms with van der Waals surface area (Å²) in [6.07, 6.45) is 4.26. The van der Waals surface area contributed by atoms with Gasteiger partial charge in [-0.3, -0.25) is 0 Å². The van der Waals surface area contributed by atoms with Gasteiger partial charge in [0.05, 0.1) is 0 Å². The molecule has 0 unspecified atom stereocenters. The molecular weight excluding hydrogens is 206 g/mol. The highest BCUT2D eigenvalue weighted by Crippen LogP contribution is 2.31. The molecule has 17 heavy (non-hydrogen) atoms. The van der Waals surface area contributed by atoms with Gasteiger partial charge in [-0.05, 0) is 35.2 Å². The molecular formula is C16H19N. The Hall–Kier alpha value is -1.34. The van der Waals surface area contributed by atoms with Crippen LogP contribution in [0.3, 0.4) is 0 Å². The summed E-state index contributed by atoms with van der Waals surface area (Å²) >= 11 is 0. The highest BCUT2D eigenvalue weighted by atomic mass is 14.8. The molecule has 1 saturated carbocycles. The van der Waals surface area contributed by atoms with Crippen LogP contribution in [0.2, 0.25) is 0 Å². The number of rotatable bonds is 5. The first-order chi connectivity index (χ1) is 8.43. The molecule has 0 radical (unpaired) electrons. The van der Waals surface area contributed by atoms with Crippen LogP contribution in [-0.2, 0) is 6.54 Å². The Kier molecular flexibility index (Phi) is 3.10.